The molecule has 1 fully saturated rings. The molecule has 9 heteroatoms. The van der Waals surface area contributed by atoms with Crippen LogP contribution in [0.5, 0.6) is 11.5 Å². The molecule has 2 amide bonds. The summed E-state index contributed by atoms with van der Waals surface area (Å²) in [4.78, 5) is 37.7. The van der Waals surface area contributed by atoms with Gasteiger partial charge in [-0.2, -0.15) is 0 Å². The van der Waals surface area contributed by atoms with E-state index in [1.54, 1.807) is 36.4 Å². The van der Waals surface area contributed by atoms with Crippen molar-refractivity contribution in [1.29, 1.82) is 0 Å². The van der Waals surface area contributed by atoms with Crippen LogP contribution in [-0.4, -0.2) is 27.6 Å². The van der Waals surface area contributed by atoms with Gasteiger partial charge in [0.25, 0.3) is 16.8 Å². The summed E-state index contributed by atoms with van der Waals surface area (Å²) in [5.74, 6) is 0.579. The predicted octanol–water partition coefficient (Wildman–Crippen LogP) is 6.96. The Morgan fingerprint density at radius 1 is 0.897 bits per heavy atom. The lowest BCUT2D eigenvalue weighted by molar-refractivity contribution is -0.385. The lowest BCUT2D eigenvalue weighted by Crippen LogP contribution is -2.27. The van der Waals surface area contributed by atoms with Gasteiger partial charge in [0.15, 0.2) is 11.5 Å². The number of rotatable bonds is 9. The summed E-state index contributed by atoms with van der Waals surface area (Å²) >= 11 is 0.799. The first-order chi connectivity index (χ1) is 18.9. The highest BCUT2D eigenvalue weighted by Crippen LogP contribution is 2.36. The quantitative estimate of drug-likeness (QED) is 0.128. The Bertz CT molecular complexity index is 1620. The molecule has 0 radical (unpaired) electrons. The van der Waals surface area contributed by atoms with Gasteiger partial charge in [-0.3, -0.25) is 24.6 Å². The molecule has 196 valence electrons. The van der Waals surface area contributed by atoms with Crippen molar-refractivity contribution < 1.29 is 24.0 Å². The number of nitro benzene ring substituents is 1. The Hall–Kier alpha value is -4.63. The molecule has 1 heterocycles. The van der Waals surface area contributed by atoms with Crippen molar-refractivity contribution in [2.24, 2.45) is 0 Å². The van der Waals surface area contributed by atoms with Crippen LogP contribution in [0.3, 0.4) is 0 Å². The minimum Gasteiger partial charge on any atom is -0.490 e. The van der Waals surface area contributed by atoms with E-state index >= 15 is 0 Å². The number of para-hydroxylation sites is 1. The van der Waals surface area contributed by atoms with Crippen LogP contribution in [0.2, 0.25) is 0 Å². The zero-order valence-corrected chi connectivity index (χ0v) is 21.9. The van der Waals surface area contributed by atoms with E-state index in [1.165, 1.54) is 12.1 Å². The fourth-order valence-electron chi connectivity index (χ4n) is 4.27. The van der Waals surface area contributed by atoms with Crippen LogP contribution in [0.4, 0.5) is 10.5 Å². The first-order valence-corrected chi connectivity index (χ1v) is 13.1. The van der Waals surface area contributed by atoms with Crippen molar-refractivity contribution in [2.45, 2.75) is 20.1 Å². The maximum atomic E-state index is 13.0. The molecule has 1 aliphatic heterocycles. The van der Waals surface area contributed by atoms with Gasteiger partial charge >= 0.3 is 0 Å². The standard InChI is InChI=1S/C30H24N2O6S/c1-2-37-27-16-20(12-14-26(27)38-19-21-11-13-22-7-3-4-8-23(22)15-21)17-28-29(33)31(30(34)39-28)18-24-9-5-6-10-25(24)32(35)36/h3-17H,2,18-19H2,1H3/b28-17-. The van der Waals surface area contributed by atoms with Crippen LogP contribution in [0.1, 0.15) is 23.6 Å². The molecule has 0 aliphatic carbocycles. The lowest BCUT2D eigenvalue weighted by atomic mass is 10.1. The van der Waals surface area contributed by atoms with Gasteiger partial charge in [-0.15, -0.1) is 0 Å². The topological polar surface area (TPSA) is 99.0 Å². The number of carbonyl (C=O) groups is 2. The number of hydrogen-bond acceptors (Lipinski definition) is 7. The smallest absolute Gasteiger partial charge is 0.293 e. The second-order valence-corrected chi connectivity index (χ2v) is 9.76. The fraction of sp³-hybridized carbons (Fsp3) is 0.133. The molecule has 0 N–H and O–H groups in total. The Morgan fingerprint density at radius 2 is 1.67 bits per heavy atom. The molecular weight excluding hydrogens is 516 g/mol. The van der Waals surface area contributed by atoms with E-state index in [1.807, 2.05) is 25.1 Å². The summed E-state index contributed by atoms with van der Waals surface area (Å²) in [6.07, 6.45) is 1.61. The molecule has 0 spiro atoms. The third-order valence-corrected chi connectivity index (χ3v) is 7.07. The second kappa shape index (κ2) is 11.4. The number of benzene rings is 4. The maximum Gasteiger partial charge on any atom is 0.293 e. The molecule has 39 heavy (non-hydrogen) atoms. The second-order valence-electron chi connectivity index (χ2n) is 8.76. The largest absolute Gasteiger partial charge is 0.490 e. The van der Waals surface area contributed by atoms with Crippen molar-refractivity contribution in [3.63, 3.8) is 0 Å². The van der Waals surface area contributed by atoms with Gasteiger partial charge in [-0.1, -0.05) is 60.7 Å². The number of imide groups is 1. The molecule has 0 unspecified atom stereocenters. The van der Waals surface area contributed by atoms with E-state index in [2.05, 4.69) is 24.3 Å². The summed E-state index contributed by atoms with van der Waals surface area (Å²) in [5.41, 5.74) is 1.83. The van der Waals surface area contributed by atoms with Crippen LogP contribution < -0.4 is 9.47 Å². The van der Waals surface area contributed by atoms with Gasteiger partial charge in [-0.25, -0.2) is 0 Å². The minimum atomic E-state index is -0.525. The normalized spacial score (nSPS) is 14.3. The maximum absolute atomic E-state index is 13.0. The molecule has 4 aromatic rings. The van der Waals surface area contributed by atoms with E-state index in [0.717, 1.165) is 33.0 Å². The van der Waals surface area contributed by atoms with Crippen molar-refractivity contribution in [1.82, 2.24) is 4.90 Å². The van der Waals surface area contributed by atoms with E-state index in [4.69, 9.17) is 9.47 Å². The molecular formula is C30H24N2O6S. The highest BCUT2D eigenvalue weighted by Gasteiger charge is 2.36. The first kappa shape index (κ1) is 26.0. The van der Waals surface area contributed by atoms with Crippen molar-refractivity contribution in [3.8, 4) is 11.5 Å². The number of carbonyl (C=O) groups excluding carboxylic acids is 2. The molecule has 0 aromatic heterocycles. The predicted molar refractivity (Wildman–Crippen MR) is 151 cm³/mol. The summed E-state index contributed by atoms with van der Waals surface area (Å²) in [6, 6.07) is 25.7. The van der Waals surface area contributed by atoms with Crippen LogP contribution in [0.15, 0.2) is 89.8 Å². The zero-order chi connectivity index (χ0) is 27.4. The first-order valence-electron chi connectivity index (χ1n) is 12.3. The lowest BCUT2D eigenvalue weighted by Gasteiger charge is -2.13. The Labute approximate surface area is 229 Å². The van der Waals surface area contributed by atoms with Crippen LogP contribution in [0.25, 0.3) is 16.8 Å². The molecule has 4 aromatic carbocycles. The van der Waals surface area contributed by atoms with Gasteiger partial charge in [-0.05, 0) is 64.9 Å². The van der Waals surface area contributed by atoms with Crippen molar-refractivity contribution in [2.75, 3.05) is 6.61 Å². The summed E-state index contributed by atoms with van der Waals surface area (Å²) in [5, 5.41) is 13.1. The number of thioether (sulfide) groups is 1. The van der Waals surface area contributed by atoms with E-state index in [0.29, 0.717) is 30.3 Å². The van der Waals surface area contributed by atoms with Gasteiger partial charge in [0.1, 0.15) is 6.61 Å². The SMILES string of the molecule is CCOc1cc(/C=C2\SC(=O)N(Cc3ccccc3[N+](=O)[O-])C2=O)ccc1OCc1ccc2ccccc2c1. The monoisotopic (exact) mass is 540 g/mol. The number of fused-ring (bicyclic) bond motifs is 1. The third kappa shape index (κ3) is 5.78. The number of hydrogen-bond donors (Lipinski definition) is 0. The molecule has 0 atom stereocenters. The molecule has 1 saturated heterocycles. The average molecular weight is 541 g/mol. The molecule has 0 bridgehead atoms. The number of ether oxygens (including phenoxy) is 2. The molecule has 1 aliphatic rings. The fourth-order valence-corrected chi connectivity index (χ4v) is 5.11. The number of nitro groups is 1. The Kier molecular flexibility index (Phi) is 7.60. The number of amides is 2. The zero-order valence-electron chi connectivity index (χ0n) is 21.0. The van der Waals surface area contributed by atoms with E-state index in [9.17, 15) is 19.7 Å². The molecule has 8 nitrogen and oxygen atoms in total. The highest BCUT2D eigenvalue weighted by atomic mass is 32.2. The van der Waals surface area contributed by atoms with Crippen LogP contribution >= 0.6 is 11.8 Å². The summed E-state index contributed by atoms with van der Waals surface area (Å²) in [6.45, 7) is 2.47. The van der Waals surface area contributed by atoms with E-state index < -0.39 is 16.1 Å². The van der Waals surface area contributed by atoms with Crippen molar-refractivity contribution in [3.05, 3.63) is 117 Å². The molecule has 5 rings (SSSR count). The average Bonchev–Trinajstić information content (AvgIpc) is 3.20. The summed E-state index contributed by atoms with van der Waals surface area (Å²) in [7, 11) is 0. The van der Waals surface area contributed by atoms with Crippen LogP contribution in [0, 0.1) is 10.1 Å². The molecule has 0 saturated carbocycles. The third-order valence-electron chi connectivity index (χ3n) is 6.16. The van der Waals surface area contributed by atoms with Gasteiger partial charge < -0.3 is 9.47 Å². The Balaban J connectivity index is 1.33. The van der Waals surface area contributed by atoms with Gasteiger partial charge in [0.05, 0.1) is 23.0 Å². The van der Waals surface area contributed by atoms with Crippen molar-refractivity contribution >= 4 is 45.4 Å². The van der Waals surface area contributed by atoms with Crippen LogP contribution in [-0.2, 0) is 17.9 Å². The highest BCUT2D eigenvalue weighted by molar-refractivity contribution is 8.18. The number of nitrogens with zero attached hydrogens (tertiary/aromatic N) is 2. The summed E-state index contributed by atoms with van der Waals surface area (Å²) < 4.78 is 11.9. The van der Waals surface area contributed by atoms with Gasteiger partial charge in [0.2, 0.25) is 0 Å². The minimum absolute atomic E-state index is 0.138. The Morgan fingerprint density at radius 3 is 2.46 bits per heavy atom. The van der Waals surface area contributed by atoms with E-state index in [-0.39, 0.29) is 22.7 Å². The van der Waals surface area contributed by atoms with Gasteiger partial charge in [0, 0.05) is 11.6 Å².